The first-order valence-electron chi connectivity index (χ1n) is 5.86. The van der Waals surface area contributed by atoms with Gasteiger partial charge in [0.25, 0.3) is 0 Å². The molecule has 0 atom stereocenters. The van der Waals surface area contributed by atoms with Crippen molar-refractivity contribution < 1.29 is 4.39 Å². The molecule has 2 aromatic rings. The summed E-state index contributed by atoms with van der Waals surface area (Å²) in [5.74, 6) is 0.761. The molecule has 1 aromatic carbocycles. The molecular weight excluding hydrogens is 229 g/mol. The van der Waals surface area contributed by atoms with Gasteiger partial charge in [0.2, 0.25) is 0 Å². The van der Waals surface area contributed by atoms with Gasteiger partial charge in [0.05, 0.1) is 12.4 Å². The zero-order chi connectivity index (χ0) is 12.7. The van der Waals surface area contributed by atoms with Crippen molar-refractivity contribution in [2.75, 3.05) is 23.5 Å². The number of fused-ring (bicyclic) bond motifs is 1. The van der Waals surface area contributed by atoms with Gasteiger partial charge in [-0.2, -0.15) is 0 Å². The van der Waals surface area contributed by atoms with Crippen LogP contribution in [0.2, 0.25) is 0 Å². The van der Waals surface area contributed by atoms with Crippen molar-refractivity contribution in [2.45, 2.75) is 6.92 Å². The van der Waals surface area contributed by atoms with Gasteiger partial charge in [-0.1, -0.05) is 0 Å². The molecule has 1 aliphatic heterocycles. The van der Waals surface area contributed by atoms with Crippen molar-refractivity contribution in [1.29, 1.82) is 0 Å². The molecule has 18 heavy (non-hydrogen) atoms. The lowest BCUT2D eigenvalue weighted by atomic mass is 10.1. The van der Waals surface area contributed by atoms with Crippen LogP contribution in [-0.4, -0.2) is 18.7 Å². The molecule has 0 saturated heterocycles. The van der Waals surface area contributed by atoms with Crippen LogP contribution in [0.25, 0.3) is 0 Å². The summed E-state index contributed by atoms with van der Waals surface area (Å²) in [6, 6.07) is 8.83. The summed E-state index contributed by atoms with van der Waals surface area (Å²) in [5.41, 5.74) is 3.02. The molecule has 0 unspecified atom stereocenters. The Balaban J connectivity index is 2.09. The number of hydrogen-bond donors (Lipinski definition) is 0. The van der Waals surface area contributed by atoms with E-state index in [0.717, 1.165) is 29.4 Å². The molecule has 0 N–H and O–H groups in total. The minimum Gasteiger partial charge on any atom is -0.340 e. The zero-order valence-electron chi connectivity index (χ0n) is 10.4. The lowest BCUT2D eigenvalue weighted by Crippen LogP contribution is -2.24. The van der Waals surface area contributed by atoms with Crippen LogP contribution in [0.15, 0.2) is 36.5 Å². The molecule has 1 aliphatic rings. The van der Waals surface area contributed by atoms with Gasteiger partial charge < -0.3 is 9.80 Å². The van der Waals surface area contributed by atoms with Gasteiger partial charge in [-0.3, -0.25) is 0 Å². The number of halogens is 1. The number of aromatic nitrogens is 1. The van der Waals surface area contributed by atoms with Crippen LogP contribution in [-0.2, 0) is 0 Å². The fourth-order valence-corrected chi connectivity index (χ4v) is 2.38. The molecule has 0 bridgehead atoms. The van der Waals surface area contributed by atoms with E-state index in [4.69, 9.17) is 0 Å². The maximum absolute atomic E-state index is 13.2. The second-order valence-corrected chi connectivity index (χ2v) is 4.54. The molecule has 0 amide bonds. The standard InChI is InChI=1S/C14H14FN3/c1-10-8-11(15)5-6-12(10)18-9-17(2)14-13(18)4-3-7-16-14/h3-8H,9H2,1-2H3. The van der Waals surface area contributed by atoms with Crippen molar-refractivity contribution in [3.05, 3.63) is 47.9 Å². The van der Waals surface area contributed by atoms with Crippen LogP contribution in [0.4, 0.5) is 21.6 Å². The Morgan fingerprint density at radius 2 is 2.06 bits per heavy atom. The second-order valence-electron chi connectivity index (χ2n) is 4.54. The fraction of sp³-hybridized carbons (Fsp3) is 0.214. The average Bonchev–Trinajstić information content (AvgIpc) is 2.68. The lowest BCUT2D eigenvalue weighted by molar-refractivity contribution is 0.626. The highest BCUT2D eigenvalue weighted by atomic mass is 19.1. The van der Waals surface area contributed by atoms with E-state index in [1.807, 2.05) is 32.2 Å². The smallest absolute Gasteiger partial charge is 0.153 e. The Labute approximate surface area is 105 Å². The zero-order valence-corrected chi connectivity index (χ0v) is 10.4. The summed E-state index contributed by atoms with van der Waals surface area (Å²) < 4.78 is 13.2. The first kappa shape index (κ1) is 11.0. The normalized spacial score (nSPS) is 13.9. The summed E-state index contributed by atoms with van der Waals surface area (Å²) in [5, 5.41) is 0. The molecule has 0 aliphatic carbocycles. The molecule has 3 nitrogen and oxygen atoms in total. The van der Waals surface area contributed by atoms with Gasteiger partial charge in [0.1, 0.15) is 5.82 Å². The van der Waals surface area contributed by atoms with Crippen molar-refractivity contribution in [2.24, 2.45) is 0 Å². The predicted octanol–water partition coefficient (Wildman–Crippen LogP) is 3.07. The Bertz CT molecular complexity index is 597. The molecular formula is C14H14FN3. The van der Waals surface area contributed by atoms with Crippen molar-refractivity contribution in [1.82, 2.24) is 4.98 Å². The summed E-state index contributed by atoms with van der Waals surface area (Å²) in [4.78, 5) is 8.60. The Morgan fingerprint density at radius 3 is 2.83 bits per heavy atom. The number of hydrogen-bond acceptors (Lipinski definition) is 3. The molecule has 0 spiro atoms. The molecule has 3 rings (SSSR count). The summed E-state index contributed by atoms with van der Waals surface area (Å²) in [6.45, 7) is 2.66. The van der Waals surface area contributed by atoms with E-state index < -0.39 is 0 Å². The molecule has 0 radical (unpaired) electrons. The summed E-state index contributed by atoms with van der Waals surface area (Å²) in [6.07, 6.45) is 1.79. The van der Waals surface area contributed by atoms with E-state index in [1.54, 1.807) is 12.3 Å². The van der Waals surface area contributed by atoms with E-state index in [1.165, 1.54) is 6.07 Å². The number of benzene rings is 1. The van der Waals surface area contributed by atoms with Crippen LogP contribution < -0.4 is 9.80 Å². The number of pyridine rings is 1. The van der Waals surface area contributed by atoms with E-state index in [2.05, 4.69) is 14.8 Å². The van der Waals surface area contributed by atoms with Crippen LogP contribution in [0, 0.1) is 12.7 Å². The van der Waals surface area contributed by atoms with Crippen LogP contribution in [0.5, 0.6) is 0 Å². The molecule has 92 valence electrons. The van der Waals surface area contributed by atoms with Crippen LogP contribution in [0.1, 0.15) is 5.56 Å². The van der Waals surface area contributed by atoms with Crippen LogP contribution >= 0.6 is 0 Å². The predicted molar refractivity (Wildman–Crippen MR) is 70.8 cm³/mol. The van der Waals surface area contributed by atoms with Crippen molar-refractivity contribution >= 4 is 17.2 Å². The van der Waals surface area contributed by atoms with Gasteiger partial charge in [-0.05, 0) is 42.8 Å². The molecule has 0 saturated carbocycles. The van der Waals surface area contributed by atoms with E-state index in [9.17, 15) is 4.39 Å². The number of aryl methyl sites for hydroxylation is 1. The third kappa shape index (κ3) is 1.61. The number of anilines is 3. The van der Waals surface area contributed by atoms with E-state index in [-0.39, 0.29) is 5.82 Å². The second kappa shape index (κ2) is 3.98. The molecule has 1 aromatic heterocycles. The minimum absolute atomic E-state index is 0.199. The fourth-order valence-electron chi connectivity index (χ4n) is 2.38. The van der Waals surface area contributed by atoms with Gasteiger partial charge in [0, 0.05) is 18.9 Å². The third-order valence-corrected chi connectivity index (χ3v) is 3.22. The Kier molecular flexibility index (Phi) is 2.44. The van der Waals surface area contributed by atoms with Crippen LogP contribution in [0.3, 0.4) is 0 Å². The van der Waals surface area contributed by atoms with E-state index in [0.29, 0.717) is 0 Å². The highest BCUT2D eigenvalue weighted by molar-refractivity contribution is 5.80. The first-order valence-corrected chi connectivity index (χ1v) is 5.86. The number of nitrogens with zero attached hydrogens (tertiary/aromatic N) is 3. The maximum Gasteiger partial charge on any atom is 0.153 e. The minimum atomic E-state index is -0.199. The number of rotatable bonds is 1. The highest BCUT2D eigenvalue weighted by Gasteiger charge is 2.26. The third-order valence-electron chi connectivity index (χ3n) is 3.22. The molecule has 0 fully saturated rings. The highest BCUT2D eigenvalue weighted by Crippen LogP contribution is 2.39. The quantitative estimate of drug-likeness (QED) is 0.767. The SMILES string of the molecule is Cc1cc(F)ccc1N1CN(C)c2ncccc21. The Hall–Kier alpha value is -2.10. The summed E-state index contributed by atoms with van der Waals surface area (Å²) >= 11 is 0. The van der Waals surface area contributed by atoms with Gasteiger partial charge in [-0.25, -0.2) is 9.37 Å². The van der Waals surface area contributed by atoms with Crippen molar-refractivity contribution in [3.8, 4) is 0 Å². The maximum atomic E-state index is 13.2. The van der Waals surface area contributed by atoms with Crippen molar-refractivity contribution in [3.63, 3.8) is 0 Å². The Morgan fingerprint density at radius 1 is 1.22 bits per heavy atom. The molecule has 4 heteroatoms. The monoisotopic (exact) mass is 243 g/mol. The van der Waals surface area contributed by atoms with Gasteiger partial charge in [-0.15, -0.1) is 0 Å². The topological polar surface area (TPSA) is 19.4 Å². The first-order chi connectivity index (χ1) is 8.66. The average molecular weight is 243 g/mol. The largest absolute Gasteiger partial charge is 0.340 e. The van der Waals surface area contributed by atoms with E-state index >= 15 is 0 Å². The lowest BCUT2D eigenvalue weighted by Gasteiger charge is -2.21. The molecule has 2 heterocycles. The van der Waals surface area contributed by atoms with Gasteiger partial charge in [0.15, 0.2) is 5.82 Å². The van der Waals surface area contributed by atoms with Gasteiger partial charge >= 0.3 is 0 Å². The summed E-state index contributed by atoms with van der Waals surface area (Å²) in [7, 11) is 2.00.